The lowest BCUT2D eigenvalue weighted by Crippen LogP contribution is -2.47. The van der Waals surface area contributed by atoms with Crippen LogP contribution < -0.4 is 4.72 Å². The molecule has 2 heterocycles. The molecule has 23 heavy (non-hydrogen) atoms. The quantitative estimate of drug-likeness (QED) is 0.867. The van der Waals surface area contributed by atoms with Gasteiger partial charge in [0.05, 0.1) is 19.3 Å². The van der Waals surface area contributed by atoms with Crippen molar-refractivity contribution in [3.63, 3.8) is 0 Å². The maximum absolute atomic E-state index is 12.6. The topological polar surface area (TPSA) is 58.6 Å². The summed E-state index contributed by atoms with van der Waals surface area (Å²) >= 11 is 1.57. The summed E-state index contributed by atoms with van der Waals surface area (Å²) in [5.74, 6) is 0. The van der Waals surface area contributed by atoms with E-state index in [-0.39, 0.29) is 6.04 Å². The third kappa shape index (κ3) is 4.39. The summed E-state index contributed by atoms with van der Waals surface area (Å²) in [6, 6.07) is 13.6. The van der Waals surface area contributed by atoms with E-state index in [9.17, 15) is 8.42 Å². The fraction of sp³-hybridized carbons (Fsp3) is 0.375. The Morgan fingerprint density at radius 2 is 1.87 bits per heavy atom. The fourth-order valence-electron chi connectivity index (χ4n) is 2.58. The fourth-order valence-corrected chi connectivity index (χ4v) is 4.78. The lowest BCUT2D eigenvalue weighted by Gasteiger charge is -2.28. The Balaban J connectivity index is 1.78. The molecule has 1 N–H and O–H groups in total. The second kappa shape index (κ2) is 7.55. The number of thiophene rings is 1. The first kappa shape index (κ1) is 16.6. The Morgan fingerprint density at radius 3 is 2.52 bits per heavy atom. The van der Waals surface area contributed by atoms with Crippen LogP contribution in [0.3, 0.4) is 0 Å². The van der Waals surface area contributed by atoms with Crippen molar-refractivity contribution in [2.24, 2.45) is 0 Å². The van der Waals surface area contributed by atoms with Gasteiger partial charge in [-0.2, -0.15) is 17.4 Å². The molecular formula is C16H20N2O3S2. The molecule has 3 rings (SSSR count). The van der Waals surface area contributed by atoms with Crippen LogP contribution in [0.25, 0.3) is 0 Å². The van der Waals surface area contributed by atoms with Gasteiger partial charge >= 0.3 is 0 Å². The summed E-state index contributed by atoms with van der Waals surface area (Å²) < 4.78 is 34.9. The molecule has 1 unspecified atom stereocenters. The van der Waals surface area contributed by atoms with Crippen molar-refractivity contribution in [3.8, 4) is 0 Å². The van der Waals surface area contributed by atoms with Crippen LogP contribution in [0.4, 0.5) is 0 Å². The highest BCUT2D eigenvalue weighted by Gasteiger charge is 2.28. The van der Waals surface area contributed by atoms with Crippen molar-refractivity contribution in [2.75, 3.05) is 26.3 Å². The van der Waals surface area contributed by atoms with Crippen molar-refractivity contribution in [3.05, 3.63) is 58.3 Å². The van der Waals surface area contributed by atoms with Gasteiger partial charge in [-0.1, -0.05) is 36.4 Å². The van der Waals surface area contributed by atoms with Crippen LogP contribution in [0.1, 0.15) is 16.5 Å². The maximum Gasteiger partial charge on any atom is 0.280 e. The van der Waals surface area contributed by atoms with Crippen molar-refractivity contribution >= 4 is 21.5 Å². The van der Waals surface area contributed by atoms with Crippen LogP contribution in [0, 0.1) is 0 Å². The Labute approximate surface area is 141 Å². The molecule has 1 saturated heterocycles. The van der Waals surface area contributed by atoms with Gasteiger partial charge in [0, 0.05) is 18.0 Å². The minimum absolute atomic E-state index is 0.259. The standard InChI is InChI=1S/C16H20N2O3S2/c19-23(20,18-8-10-21-11-9-18)17-15(16-7-4-12-22-16)13-14-5-2-1-3-6-14/h1-7,12,15,17H,8-11,13H2. The van der Waals surface area contributed by atoms with Gasteiger partial charge < -0.3 is 4.74 Å². The van der Waals surface area contributed by atoms with Gasteiger partial charge in [0.15, 0.2) is 0 Å². The van der Waals surface area contributed by atoms with E-state index in [2.05, 4.69) is 4.72 Å². The summed E-state index contributed by atoms with van der Waals surface area (Å²) in [6.07, 6.45) is 0.630. The zero-order valence-electron chi connectivity index (χ0n) is 12.7. The molecule has 0 amide bonds. The first-order valence-corrected chi connectivity index (χ1v) is 9.89. The van der Waals surface area contributed by atoms with E-state index in [0.717, 1.165) is 10.4 Å². The Hall–Kier alpha value is -1.25. The molecule has 0 radical (unpaired) electrons. The zero-order chi connectivity index (χ0) is 16.1. The van der Waals surface area contributed by atoms with Crippen molar-refractivity contribution in [1.82, 2.24) is 9.03 Å². The normalized spacial score (nSPS) is 17.9. The molecule has 5 nitrogen and oxygen atoms in total. The summed E-state index contributed by atoms with van der Waals surface area (Å²) in [4.78, 5) is 1.02. The predicted molar refractivity (Wildman–Crippen MR) is 91.7 cm³/mol. The molecule has 1 aliphatic rings. The molecule has 2 aromatic rings. The molecule has 1 aliphatic heterocycles. The zero-order valence-corrected chi connectivity index (χ0v) is 14.4. The Bertz CT molecular complexity index is 696. The molecule has 124 valence electrons. The van der Waals surface area contributed by atoms with Crippen LogP contribution in [-0.4, -0.2) is 39.0 Å². The average molecular weight is 352 g/mol. The van der Waals surface area contributed by atoms with Gasteiger partial charge in [-0.25, -0.2) is 0 Å². The van der Waals surface area contributed by atoms with E-state index in [0.29, 0.717) is 32.7 Å². The van der Waals surface area contributed by atoms with E-state index in [1.807, 2.05) is 47.8 Å². The van der Waals surface area contributed by atoms with E-state index >= 15 is 0 Å². The SMILES string of the molecule is O=S(=O)(NC(Cc1ccccc1)c1cccs1)N1CCOCC1. The highest BCUT2D eigenvalue weighted by atomic mass is 32.2. The van der Waals surface area contributed by atoms with Gasteiger partial charge in [0.2, 0.25) is 0 Å². The summed E-state index contributed by atoms with van der Waals surface area (Å²) in [7, 11) is -3.52. The average Bonchev–Trinajstić information content (AvgIpc) is 3.10. The highest BCUT2D eigenvalue weighted by molar-refractivity contribution is 7.87. The Morgan fingerprint density at radius 1 is 1.13 bits per heavy atom. The van der Waals surface area contributed by atoms with Crippen LogP contribution in [0.5, 0.6) is 0 Å². The van der Waals surface area contributed by atoms with Crippen LogP contribution in [-0.2, 0) is 21.4 Å². The highest BCUT2D eigenvalue weighted by Crippen LogP contribution is 2.24. The molecule has 0 spiro atoms. The number of hydrogen-bond donors (Lipinski definition) is 1. The molecule has 1 fully saturated rings. The lowest BCUT2D eigenvalue weighted by atomic mass is 10.1. The monoisotopic (exact) mass is 352 g/mol. The third-order valence-electron chi connectivity index (χ3n) is 3.77. The van der Waals surface area contributed by atoms with Crippen LogP contribution in [0.15, 0.2) is 47.8 Å². The number of hydrogen-bond acceptors (Lipinski definition) is 4. The lowest BCUT2D eigenvalue weighted by molar-refractivity contribution is 0.0723. The van der Waals surface area contributed by atoms with Gasteiger partial charge in [-0.3, -0.25) is 0 Å². The molecule has 1 aromatic carbocycles. The van der Waals surface area contributed by atoms with Crippen LogP contribution >= 0.6 is 11.3 Å². The second-order valence-electron chi connectivity index (χ2n) is 5.39. The summed E-state index contributed by atoms with van der Waals surface area (Å²) in [5, 5.41) is 1.97. The minimum atomic E-state index is -3.52. The molecular weight excluding hydrogens is 332 g/mol. The largest absolute Gasteiger partial charge is 0.379 e. The Kier molecular flexibility index (Phi) is 5.45. The molecule has 1 atom stereocenters. The van der Waals surface area contributed by atoms with Crippen LogP contribution in [0.2, 0.25) is 0 Å². The van der Waals surface area contributed by atoms with Crippen molar-refractivity contribution in [1.29, 1.82) is 0 Å². The second-order valence-corrected chi connectivity index (χ2v) is 8.07. The van der Waals surface area contributed by atoms with E-state index in [4.69, 9.17) is 4.74 Å². The van der Waals surface area contributed by atoms with Gasteiger partial charge in [0.1, 0.15) is 0 Å². The molecule has 1 aromatic heterocycles. The molecule has 0 saturated carbocycles. The smallest absolute Gasteiger partial charge is 0.280 e. The number of ether oxygens (including phenoxy) is 1. The number of rotatable bonds is 6. The number of benzene rings is 1. The van der Waals surface area contributed by atoms with Crippen molar-refractivity contribution < 1.29 is 13.2 Å². The van der Waals surface area contributed by atoms with Gasteiger partial charge in [-0.05, 0) is 23.4 Å². The molecule has 0 aliphatic carbocycles. The first-order valence-electron chi connectivity index (χ1n) is 7.57. The van der Waals surface area contributed by atoms with E-state index < -0.39 is 10.2 Å². The summed E-state index contributed by atoms with van der Waals surface area (Å²) in [6.45, 7) is 1.70. The number of nitrogens with one attached hydrogen (secondary N) is 1. The molecule has 7 heteroatoms. The predicted octanol–water partition coefficient (Wildman–Crippen LogP) is 2.20. The van der Waals surface area contributed by atoms with Gasteiger partial charge in [-0.15, -0.1) is 11.3 Å². The van der Waals surface area contributed by atoms with E-state index in [1.165, 1.54) is 4.31 Å². The van der Waals surface area contributed by atoms with Crippen molar-refractivity contribution in [2.45, 2.75) is 12.5 Å². The minimum Gasteiger partial charge on any atom is -0.379 e. The molecule has 0 bridgehead atoms. The maximum atomic E-state index is 12.6. The summed E-state index contributed by atoms with van der Waals surface area (Å²) in [5.41, 5.74) is 1.11. The first-order chi connectivity index (χ1) is 11.1. The number of nitrogens with zero attached hydrogens (tertiary/aromatic N) is 1. The number of morpholine rings is 1. The third-order valence-corrected chi connectivity index (χ3v) is 6.38. The van der Waals surface area contributed by atoms with E-state index in [1.54, 1.807) is 11.3 Å². The van der Waals surface area contributed by atoms with Gasteiger partial charge in [0.25, 0.3) is 10.2 Å².